The van der Waals surface area contributed by atoms with Crippen LogP contribution < -0.4 is 10.1 Å². The number of pyridine rings is 1. The molecule has 0 unspecified atom stereocenters. The zero-order valence-electron chi connectivity index (χ0n) is 17.5. The Kier molecular flexibility index (Phi) is 4.85. The third-order valence-electron chi connectivity index (χ3n) is 5.51. The fourth-order valence-electron chi connectivity index (χ4n) is 3.95. The third-order valence-corrected chi connectivity index (χ3v) is 5.51. The van der Waals surface area contributed by atoms with Gasteiger partial charge in [-0.1, -0.05) is 6.42 Å². The molecule has 3 aromatic heterocycles. The van der Waals surface area contributed by atoms with Gasteiger partial charge in [0.05, 0.1) is 12.7 Å². The molecule has 1 aromatic carbocycles. The number of aromatic amines is 1. The van der Waals surface area contributed by atoms with Crippen molar-refractivity contribution in [2.45, 2.75) is 39.2 Å². The first-order valence-corrected chi connectivity index (χ1v) is 10.4. The van der Waals surface area contributed by atoms with Crippen molar-refractivity contribution < 1.29 is 9.53 Å². The van der Waals surface area contributed by atoms with Gasteiger partial charge in [0.2, 0.25) is 5.95 Å². The van der Waals surface area contributed by atoms with E-state index in [0.717, 1.165) is 54.3 Å². The molecule has 9 heteroatoms. The topological polar surface area (TPSA) is 111 Å². The Bertz CT molecular complexity index is 1260. The van der Waals surface area contributed by atoms with E-state index in [0.29, 0.717) is 16.9 Å². The normalized spacial score (nSPS) is 13.6. The lowest BCUT2D eigenvalue weighted by Crippen LogP contribution is -2.14. The van der Waals surface area contributed by atoms with Crippen LogP contribution in [0.25, 0.3) is 22.6 Å². The number of hydrogen-bond acceptors (Lipinski definition) is 6. The second-order valence-electron chi connectivity index (χ2n) is 7.66. The molecule has 1 aliphatic heterocycles. The number of rotatable bonds is 4. The van der Waals surface area contributed by atoms with Gasteiger partial charge in [-0.2, -0.15) is 4.98 Å². The molecule has 0 aliphatic carbocycles. The zero-order valence-corrected chi connectivity index (χ0v) is 17.5. The molecular weight excluding hydrogens is 394 g/mol. The Morgan fingerprint density at radius 3 is 2.77 bits per heavy atom. The second-order valence-corrected chi connectivity index (χ2v) is 7.66. The van der Waals surface area contributed by atoms with Gasteiger partial charge in [-0.15, -0.1) is 5.10 Å². The smallest absolute Gasteiger partial charge is 0.260 e. The zero-order chi connectivity index (χ0) is 21.4. The molecule has 1 aliphatic rings. The summed E-state index contributed by atoms with van der Waals surface area (Å²) in [6.45, 7) is 2.77. The highest BCUT2D eigenvalue weighted by Gasteiger charge is 2.21. The molecule has 0 spiro atoms. The molecule has 2 N–H and O–H groups in total. The summed E-state index contributed by atoms with van der Waals surface area (Å²) in [6.07, 6.45) is 4.30. The Labute approximate surface area is 178 Å². The van der Waals surface area contributed by atoms with Gasteiger partial charge in [-0.25, -0.2) is 9.97 Å². The molecule has 0 radical (unpaired) electrons. The van der Waals surface area contributed by atoms with E-state index < -0.39 is 0 Å². The highest BCUT2D eigenvalue weighted by atomic mass is 16.5. The first-order chi connectivity index (χ1) is 15.1. The molecule has 0 atom stereocenters. The van der Waals surface area contributed by atoms with E-state index in [9.17, 15) is 4.79 Å². The molecule has 4 heterocycles. The predicted molar refractivity (Wildman–Crippen MR) is 116 cm³/mol. The summed E-state index contributed by atoms with van der Waals surface area (Å²) in [5, 5.41) is 9.79. The number of aromatic nitrogens is 6. The lowest BCUT2D eigenvalue weighted by atomic mass is 10.2. The van der Waals surface area contributed by atoms with Crippen LogP contribution in [0.2, 0.25) is 0 Å². The number of fused-ring (bicyclic) bond motifs is 3. The average molecular weight is 417 g/mol. The van der Waals surface area contributed by atoms with Gasteiger partial charge in [0.15, 0.2) is 11.5 Å². The molecule has 0 fully saturated rings. The minimum Gasteiger partial charge on any atom is -0.497 e. The maximum atomic E-state index is 13.1. The summed E-state index contributed by atoms with van der Waals surface area (Å²) in [6, 6.07) is 9.20. The average Bonchev–Trinajstić information content (AvgIpc) is 3.30. The second kappa shape index (κ2) is 7.82. The maximum Gasteiger partial charge on any atom is 0.260 e. The number of amides is 1. The predicted octanol–water partition coefficient (Wildman–Crippen LogP) is 3.51. The van der Waals surface area contributed by atoms with Crippen molar-refractivity contribution in [3.63, 3.8) is 0 Å². The number of carbonyl (C=O) groups is 1. The van der Waals surface area contributed by atoms with Crippen LogP contribution in [0.1, 0.15) is 41.1 Å². The molecule has 0 saturated carbocycles. The molecule has 5 rings (SSSR count). The summed E-state index contributed by atoms with van der Waals surface area (Å²) in [7, 11) is 1.62. The number of hydrogen-bond donors (Lipinski definition) is 2. The van der Waals surface area contributed by atoms with E-state index in [-0.39, 0.29) is 11.9 Å². The van der Waals surface area contributed by atoms with Crippen molar-refractivity contribution in [1.29, 1.82) is 0 Å². The molecule has 4 aromatic rings. The Hall–Kier alpha value is -3.75. The minimum atomic E-state index is -0.302. The first-order valence-electron chi connectivity index (χ1n) is 10.4. The van der Waals surface area contributed by atoms with Gasteiger partial charge in [-0.3, -0.25) is 15.2 Å². The van der Waals surface area contributed by atoms with E-state index in [2.05, 4.69) is 30.0 Å². The first kappa shape index (κ1) is 19.2. The lowest BCUT2D eigenvalue weighted by molar-refractivity contribution is 0.102. The largest absolute Gasteiger partial charge is 0.497 e. The number of ether oxygens (including phenoxy) is 1. The fraction of sp³-hybridized carbons (Fsp3) is 0.318. The number of methoxy groups -OCH3 is 1. The van der Waals surface area contributed by atoms with Crippen LogP contribution in [0.5, 0.6) is 5.75 Å². The van der Waals surface area contributed by atoms with Crippen molar-refractivity contribution in [2.75, 3.05) is 12.4 Å². The standard InChI is InChI=1S/C22H23N7O2/c1-13-12-16(18-20(23-13)29-11-5-3-4-6-17(29)24-18)21(30)26-22-25-19(27-28-22)14-7-9-15(31-2)10-8-14/h7-10,12H,3-6,11H2,1-2H3,(H2,25,26,27,28,30). The van der Waals surface area contributed by atoms with E-state index in [1.54, 1.807) is 13.2 Å². The van der Waals surface area contributed by atoms with Crippen molar-refractivity contribution in [1.82, 2.24) is 29.7 Å². The van der Waals surface area contributed by atoms with Gasteiger partial charge in [0, 0.05) is 24.2 Å². The summed E-state index contributed by atoms with van der Waals surface area (Å²) < 4.78 is 7.33. The molecule has 0 saturated heterocycles. The highest BCUT2D eigenvalue weighted by molar-refractivity contribution is 6.10. The van der Waals surface area contributed by atoms with Crippen LogP contribution in [0, 0.1) is 6.92 Å². The van der Waals surface area contributed by atoms with Crippen LogP contribution in [-0.4, -0.2) is 42.7 Å². The molecule has 0 bridgehead atoms. The van der Waals surface area contributed by atoms with Crippen molar-refractivity contribution in [3.05, 3.63) is 47.4 Å². The van der Waals surface area contributed by atoms with Crippen LogP contribution >= 0.6 is 0 Å². The Morgan fingerprint density at radius 1 is 1.13 bits per heavy atom. The molecule has 9 nitrogen and oxygen atoms in total. The van der Waals surface area contributed by atoms with E-state index >= 15 is 0 Å². The number of carbonyl (C=O) groups excluding carboxylic acids is 1. The molecule has 31 heavy (non-hydrogen) atoms. The van der Waals surface area contributed by atoms with Gasteiger partial charge in [-0.05, 0) is 50.1 Å². The Morgan fingerprint density at radius 2 is 1.97 bits per heavy atom. The number of H-pyrrole nitrogens is 1. The summed E-state index contributed by atoms with van der Waals surface area (Å²) >= 11 is 0. The number of imidazole rings is 1. The van der Waals surface area contributed by atoms with E-state index in [1.807, 2.05) is 31.2 Å². The van der Waals surface area contributed by atoms with Crippen molar-refractivity contribution >= 4 is 23.0 Å². The van der Waals surface area contributed by atoms with Crippen LogP contribution in [-0.2, 0) is 13.0 Å². The number of anilines is 1. The minimum absolute atomic E-state index is 0.208. The van der Waals surface area contributed by atoms with Gasteiger partial charge in [0.1, 0.15) is 17.1 Å². The van der Waals surface area contributed by atoms with Crippen LogP contribution in [0.15, 0.2) is 30.3 Å². The van der Waals surface area contributed by atoms with Crippen molar-refractivity contribution in [3.8, 4) is 17.1 Å². The van der Waals surface area contributed by atoms with Gasteiger partial charge >= 0.3 is 0 Å². The maximum absolute atomic E-state index is 13.1. The Balaban J connectivity index is 1.44. The van der Waals surface area contributed by atoms with Gasteiger partial charge in [0.25, 0.3) is 5.91 Å². The summed E-state index contributed by atoms with van der Waals surface area (Å²) in [4.78, 5) is 26.9. The molecule has 1 amide bonds. The van der Waals surface area contributed by atoms with Gasteiger partial charge < -0.3 is 9.30 Å². The number of nitrogens with one attached hydrogen (secondary N) is 2. The molecular formula is C22H23N7O2. The molecule has 158 valence electrons. The van der Waals surface area contributed by atoms with E-state index in [1.165, 1.54) is 6.42 Å². The third kappa shape index (κ3) is 3.63. The van der Waals surface area contributed by atoms with Crippen LogP contribution in [0.3, 0.4) is 0 Å². The SMILES string of the molecule is COc1ccc(-c2nc(NC(=O)c3cc(C)nc4c3nc3n4CCCCC3)n[nH]2)cc1. The summed E-state index contributed by atoms with van der Waals surface area (Å²) in [5.41, 5.74) is 3.51. The van der Waals surface area contributed by atoms with E-state index in [4.69, 9.17) is 9.72 Å². The highest BCUT2D eigenvalue weighted by Crippen LogP contribution is 2.25. The quantitative estimate of drug-likeness (QED) is 0.526. The number of aryl methyl sites for hydroxylation is 3. The monoisotopic (exact) mass is 417 g/mol. The number of nitrogens with zero attached hydrogens (tertiary/aromatic N) is 5. The summed E-state index contributed by atoms with van der Waals surface area (Å²) in [5.74, 6) is 2.22. The van der Waals surface area contributed by atoms with Crippen molar-refractivity contribution in [2.24, 2.45) is 0 Å². The number of benzene rings is 1. The fourth-order valence-corrected chi connectivity index (χ4v) is 3.95. The van der Waals surface area contributed by atoms with Crippen LogP contribution in [0.4, 0.5) is 5.95 Å². The lowest BCUT2D eigenvalue weighted by Gasteiger charge is -2.06.